The molecule has 0 fully saturated rings. The van der Waals surface area contributed by atoms with E-state index in [-0.39, 0.29) is 0 Å². The molecule has 0 amide bonds. The predicted octanol–water partition coefficient (Wildman–Crippen LogP) is 9.19. The maximum Gasteiger partial charge on any atom is 0.0320 e. The van der Waals surface area contributed by atoms with Crippen molar-refractivity contribution in [2.45, 2.75) is 0 Å². The Morgan fingerprint density at radius 2 is 0.711 bits per heavy atom. The minimum Gasteiger partial charge on any atom is -0.399 e. The van der Waals surface area contributed by atoms with Gasteiger partial charge in [0.25, 0.3) is 0 Å². The van der Waals surface area contributed by atoms with E-state index < -0.39 is 0 Å². The van der Waals surface area contributed by atoms with Gasteiger partial charge in [0.15, 0.2) is 0 Å². The summed E-state index contributed by atoms with van der Waals surface area (Å²) in [7, 11) is 0. The van der Waals surface area contributed by atoms with Gasteiger partial charge in [-0.3, -0.25) is 0 Å². The minimum atomic E-state index is 0.724. The summed E-state index contributed by atoms with van der Waals surface area (Å²) in [5.74, 6) is 0. The summed E-state index contributed by atoms with van der Waals surface area (Å²) < 4.78 is 0. The highest BCUT2D eigenvalue weighted by atomic mass is 14.5. The third kappa shape index (κ3) is 4.44. The summed E-state index contributed by atoms with van der Waals surface area (Å²) >= 11 is 0. The largest absolute Gasteiger partial charge is 0.399 e. The Kier molecular flexibility index (Phi) is 6.21. The molecule has 0 aliphatic rings. The van der Waals surface area contributed by atoms with Gasteiger partial charge in [-0.25, -0.2) is 0 Å². The molecular formula is C36H28N2. The molecule has 0 unspecified atom stereocenters. The van der Waals surface area contributed by atoms with E-state index in [1.54, 1.807) is 0 Å². The molecule has 6 aromatic carbocycles. The molecule has 0 aromatic heterocycles. The van der Waals surface area contributed by atoms with Crippen LogP contribution >= 0.6 is 0 Å². The Bertz CT molecular complexity index is 1690. The van der Waals surface area contributed by atoms with Gasteiger partial charge in [-0.1, -0.05) is 121 Å². The number of rotatable bonds is 5. The zero-order chi connectivity index (χ0) is 25.9. The van der Waals surface area contributed by atoms with Gasteiger partial charge >= 0.3 is 0 Å². The Balaban J connectivity index is 1.76. The van der Waals surface area contributed by atoms with E-state index in [1.807, 2.05) is 18.2 Å². The fraction of sp³-hybridized carbons (Fsp3) is 0. The number of hydrogen-bond donors (Lipinski definition) is 2. The zero-order valence-corrected chi connectivity index (χ0v) is 21.0. The van der Waals surface area contributed by atoms with E-state index in [2.05, 4.69) is 127 Å². The Hall–Kier alpha value is -5.08. The van der Waals surface area contributed by atoms with Crippen LogP contribution in [0.1, 0.15) is 0 Å². The molecule has 182 valence electrons. The summed E-state index contributed by atoms with van der Waals surface area (Å²) in [6.45, 7) is 0. The van der Waals surface area contributed by atoms with Gasteiger partial charge in [-0.05, 0) is 79.9 Å². The van der Waals surface area contributed by atoms with E-state index in [4.69, 9.17) is 11.5 Å². The van der Waals surface area contributed by atoms with Crippen LogP contribution < -0.4 is 11.5 Å². The van der Waals surface area contributed by atoms with Gasteiger partial charge in [0.1, 0.15) is 0 Å². The van der Waals surface area contributed by atoms with Crippen LogP contribution in [0.15, 0.2) is 146 Å². The van der Waals surface area contributed by atoms with Gasteiger partial charge in [0.05, 0.1) is 0 Å². The van der Waals surface area contributed by atoms with Crippen molar-refractivity contribution in [1.82, 2.24) is 0 Å². The van der Waals surface area contributed by atoms with Crippen LogP contribution in [0.25, 0.3) is 55.6 Å². The second kappa shape index (κ2) is 10.1. The van der Waals surface area contributed by atoms with E-state index in [9.17, 15) is 0 Å². The van der Waals surface area contributed by atoms with Crippen LogP contribution in [0, 0.1) is 0 Å². The maximum absolute atomic E-state index is 6.37. The van der Waals surface area contributed by atoms with E-state index >= 15 is 0 Å². The smallest absolute Gasteiger partial charge is 0.0320 e. The molecule has 4 N–H and O–H groups in total. The highest BCUT2D eigenvalue weighted by Gasteiger charge is 2.21. The summed E-state index contributed by atoms with van der Waals surface area (Å²) in [6.07, 6.45) is 0. The Morgan fingerprint density at radius 1 is 0.289 bits per heavy atom. The topological polar surface area (TPSA) is 52.0 Å². The van der Waals surface area contributed by atoms with E-state index in [1.165, 1.54) is 38.9 Å². The fourth-order valence-corrected chi connectivity index (χ4v) is 5.19. The van der Waals surface area contributed by atoms with Crippen LogP contribution in [0.2, 0.25) is 0 Å². The van der Waals surface area contributed by atoms with Crippen LogP contribution in [0.3, 0.4) is 0 Å². The molecule has 0 saturated carbocycles. The van der Waals surface area contributed by atoms with Gasteiger partial charge in [-0.15, -0.1) is 0 Å². The first kappa shape index (κ1) is 23.3. The van der Waals surface area contributed by atoms with Gasteiger partial charge < -0.3 is 11.5 Å². The molecule has 6 aromatic rings. The molecule has 0 heterocycles. The molecule has 2 heteroatoms. The average molecular weight is 489 g/mol. The Morgan fingerprint density at radius 3 is 1.26 bits per heavy atom. The van der Waals surface area contributed by atoms with Crippen molar-refractivity contribution in [1.29, 1.82) is 0 Å². The number of anilines is 2. The SMILES string of the molecule is Nc1ccc(-c2cc(N)ccc2-c2c(-c3ccccc3)ccc(-c3ccccc3)c2-c2ccccc2)cc1. The lowest BCUT2D eigenvalue weighted by atomic mass is 9.80. The van der Waals surface area contributed by atoms with Gasteiger partial charge in [0.2, 0.25) is 0 Å². The lowest BCUT2D eigenvalue weighted by molar-refractivity contribution is 1.53. The first-order valence-corrected chi connectivity index (χ1v) is 12.8. The average Bonchev–Trinajstić information content (AvgIpc) is 2.98. The monoisotopic (exact) mass is 488 g/mol. The van der Waals surface area contributed by atoms with Gasteiger partial charge in [0, 0.05) is 11.4 Å². The maximum atomic E-state index is 6.37. The van der Waals surface area contributed by atoms with Crippen LogP contribution in [-0.2, 0) is 0 Å². The second-order valence-electron chi connectivity index (χ2n) is 9.44. The first-order chi connectivity index (χ1) is 18.7. The molecule has 0 atom stereocenters. The summed E-state index contributed by atoms with van der Waals surface area (Å²) in [5.41, 5.74) is 25.4. The molecule has 0 radical (unpaired) electrons. The van der Waals surface area contributed by atoms with E-state index in [0.29, 0.717) is 0 Å². The summed E-state index contributed by atoms with van der Waals surface area (Å²) in [6, 6.07) is 50.6. The number of benzene rings is 6. The van der Waals surface area contributed by atoms with Crippen LogP contribution in [-0.4, -0.2) is 0 Å². The van der Waals surface area contributed by atoms with Crippen molar-refractivity contribution in [3.63, 3.8) is 0 Å². The quantitative estimate of drug-likeness (QED) is 0.238. The zero-order valence-electron chi connectivity index (χ0n) is 21.0. The van der Waals surface area contributed by atoms with Crippen LogP contribution in [0.4, 0.5) is 11.4 Å². The standard InChI is InChI=1S/C36H28N2/c37-29-18-16-27(17-19-29)34-24-30(38)20-21-33(34)36-32(26-12-6-2-7-13-26)23-22-31(25-10-4-1-5-11-25)35(36)28-14-8-3-9-15-28/h1-24H,37-38H2. The lowest BCUT2D eigenvalue weighted by Crippen LogP contribution is -1.97. The molecule has 0 bridgehead atoms. The minimum absolute atomic E-state index is 0.724. The van der Waals surface area contributed by atoms with Crippen molar-refractivity contribution in [2.24, 2.45) is 0 Å². The van der Waals surface area contributed by atoms with Crippen molar-refractivity contribution >= 4 is 11.4 Å². The van der Waals surface area contributed by atoms with Crippen molar-refractivity contribution in [2.75, 3.05) is 11.5 Å². The number of nitrogen functional groups attached to an aromatic ring is 2. The molecule has 0 aliphatic carbocycles. The third-order valence-corrected chi connectivity index (χ3v) is 6.97. The molecule has 6 rings (SSSR count). The molecule has 38 heavy (non-hydrogen) atoms. The van der Waals surface area contributed by atoms with Crippen molar-refractivity contribution < 1.29 is 0 Å². The molecule has 0 aliphatic heterocycles. The molecule has 2 nitrogen and oxygen atoms in total. The predicted molar refractivity (Wildman–Crippen MR) is 162 cm³/mol. The molecule has 0 spiro atoms. The third-order valence-electron chi connectivity index (χ3n) is 6.97. The van der Waals surface area contributed by atoms with Crippen molar-refractivity contribution in [3.8, 4) is 55.6 Å². The van der Waals surface area contributed by atoms with E-state index in [0.717, 1.165) is 28.1 Å². The molecular weight excluding hydrogens is 460 g/mol. The Labute approximate surface area is 223 Å². The highest BCUT2D eigenvalue weighted by molar-refractivity contribution is 6.05. The number of nitrogens with two attached hydrogens (primary N) is 2. The lowest BCUT2D eigenvalue weighted by Gasteiger charge is -2.23. The van der Waals surface area contributed by atoms with Crippen molar-refractivity contribution in [3.05, 3.63) is 146 Å². The molecule has 0 saturated heterocycles. The normalized spacial score (nSPS) is 10.8. The van der Waals surface area contributed by atoms with Crippen LogP contribution in [0.5, 0.6) is 0 Å². The summed E-state index contributed by atoms with van der Waals surface area (Å²) in [5, 5.41) is 0. The number of hydrogen-bond acceptors (Lipinski definition) is 2. The summed E-state index contributed by atoms with van der Waals surface area (Å²) in [4.78, 5) is 0. The first-order valence-electron chi connectivity index (χ1n) is 12.8. The highest BCUT2D eigenvalue weighted by Crippen LogP contribution is 2.48. The second-order valence-corrected chi connectivity index (χ2v) is 9.44. The fourth-order valence-electron chi connectivity index (χ4n) is 5.19. The van der Waals surface area contributed by atoms with Gasteiger partial charge in [-0.2, -0.15) is 0 Å².